The lowest BCUT2D eigenvalue weighted by Crippen LogP contribution is -2.21. The Labute approximate surface area is 118 Å². The van der Waals surface area contributed by atoms with Gasteiger partial charge in [-0.05, 0) is 12.5 Å². The van der Waals surface area contributed by atoms with E-state index in [0.717, 1.165) is 29.8 Å². The Bertz CT molecular complexity index is 668. The molecule has 0 spiro atoms. The average Bonchev–Trinajstić information content (AvgIpc) is 2.87. The van der Waals surface area contributed by atoms with Crippen molar-refractivity contribution in [2.75, 3.05) is 14.1 Å². The molecular formula is C16H17N3O. The second kappa shape index (κ2) is 4.96. The molecule has 20 heavy (non-hydrogen) atoms. The summed E-state index contributed by atoms with van der Waals surface area (Å²) in [4.78, 5) is 14.4. The van der Waals surface area contributed by atoms with Gasteiger partial charge in [0.25, 0.3) is 0 Å². The molecule has 0 aliphatic carbocycles. The highest BCUT2D eigenvalue weighted by molar-refractivity contribution is 6.08. The van der Waals surface area contributed by atoms with E-state index in [0.29, 0.717) is 5.69 Å². The van der Waals surface area contributed by atoms with Crippen molar-refractivity contribution in [2.45, 2.75) is 13.0 Å². The van der Waals surface area contributed by atoms with Crippen LogP contribution in [0.15, 0.2) is 48.2 Å². The zero-order valence-corrected chi connectivity index (χ0v) is 11.7. The van der Waals surface area contributed by atoms with Crippen LogP contribution < -0.4 is 0 Å². The first-order valence-electron chi connectivity index (χ1n) is 6.70. The van der Waals surface area contributed by atoms with Crippen molar-refractivity contribution in [1.29, 1.82) is 0 Å². The normalized spacial score (nSPS) is 16.3. The summed E-state index contributed by atoms with van der Waals surface area (Å²) in [5.74, 6) is 0.0830. The predicted octanol–water partition coefficient (Wildman–Crippen LogP) is 2.58. The van der Waals surface area contributed by atoms with E-state index < -0.39 is 0 Å². The molecule has 1 aliphatic heterocycles. The highest BCUT2D eigenvalue weighted by atomic mass is 16.1. The van der Waals surface area contributed by atoms with E-state index in [2.05, 4.69) is 5.10 Å². The molecule has 0 bridgehead atoms. The number of aromatic nitrogens is 2. The van der Waals surface area contributed by atoms with Gasteiger partial charge in [-0.2, -0.15) is 5.10 Å². The number of aryl methyl sites for hydroxylation is 1. The van der Waals surface area contributed by atoms with Crippen LogP contribution in [0.5, 0.6) is 0 Å². The zero-order chi connectivity index (χ0) is 14.1. The lowest BCUT2D eigenvalue weighted by Gasteiger charge is -2.17. The summed E-state index contributed by atoms with van der Waals surface area (Å²) in [5, 5.41) is 4.54. The SMILES string of the molecule is CN(C)/C=C1\CCn2nc(-c3ccccc3)cc2C1=O. The zero-order valence-electron chi connectivity index (χ0n) is 11.7. The Balaban J connectivity index is 1.99. The second-order valence-corrected chi connectivity index (χ2v) is 5.20. The van der Waals surface area contributed by atoms with Gasteiger partial charge in [0.15, 0.2) is 0 Å². The summed E-state index contributed by atoms with van der Waals surface area (Å²) < 4.78 is 1.82. The molecule has 0 fully saturated rings. The van der Waals surface area contributed by atoms with Crippen LogP contribution in [0.4, 0.5) is 0 Å². The molecular weight excluding hydrogens is 250 g/mol. The Kier molecular flexibility index (Phi) is 3.14. The van der Waals surface area contributed by atoms with Crippen LogP contribution in [0.3, 0.4) is 0 Å². The van der Waals surface area contributed by atoms with Crippen molar-refractivity contribution in [1.82, 2.24) is 14.7 Å². The molecule has 4 heteroatoms. The Hall–Kier alpha value is -2.36. The minimum absolute atomic E-state index is 0.0830. The molecule has 2 aromatic rings. The number of hydrogen-bond donors (Lipinski definition) is 0. The van der Waals surface area contributed by atoms with Crippen molar-refractivity contribution in [3.63, 3.8) is 0 Å². The number of benzene rings is 1. The molecule has 0 radical (unpaired) electrons. The van der Waals surface area contributed by atoms with Crippen LogP contribution in [0.2, 0.25) is 0 Å². The fraction of sp³-hybridized carbons (Fsp3) is 0.250. The van der Waals surface area contributed by atoms with Crippen LogP contribution in [0.1, 0.15) is 16.9 Å². The smallest absolute Gasteiger partial charge is 0.208 e. The molecule has 102 valence electrons. The number of carbonyl (C=O) groups excluding carboxylic acids is 1. The molecule has 0 saturated carbocycles. The molecule has 1 aromatic heterocycles. The number of Topliss-reactive ketones (excluding diaryl/α,β-unsaturated/α-hetero) is 1. The molecule has 2 heterocycles. The van der Waals surface area contributed by atoms with Gasteiger partial charge in [0.05, 0.1) is 5.69 Å². The third-order valence-electron chi connectivity index (χ3n) is 3.38. The molecule has 0 amide bonds. The van der Waals surface area contributed by atoms with Crippen LogP contribution in [0, 0.1) is 0 Å². The highest BCUT2D eigenvalue weighted by Crippen LogP contribution is 2.25. The average molecular weight is 267 g/mol. The van der Waals surface area contributed by atoms with Crippen LogP contribution in [0.25, 0.3) is 11.3 Å². The summed E-state index contributed by atoms with van der Waals surface area (Å²) in [6, 6.07) is 11.8. The van der Waals surface area contributed by atoms with Crippen LogP contribution >= 0.6 is 0 Å². The van der Waals surface area contributed by atoms with Crippen LogP contribution in [-0.2, 0) is 6.54 Å². The highest BCUT2D eigenvalue weighted by Gasteiger charge is 2.24. The largest absolute Gasteiger partial charge is 0.383 e. The van der Waals surface area contributed by atoms with E-state index in [4.69, 9.17) is 0 Å². The second-order valence-electron chi connectivity index (χ2n) is 5.20. The van der Waals surface area contributed by atoms with Gasteiger partial charge in [-0.15, -0.1) is 0 Å². The molecule has 0 saturated heterocycles. The van der Waals surface area contributed by atoms with Gasteiger partial charge in [0.2, 0.25) is 5.78 Å². The lowest BCUT2D eigenvalue weighted by atomic mass is 10.0. The number of rotatable bonds is 2. The van der Waals surface area contributed by atoms with Gasteiger partial charge < -0.3 is 4.90 Å². The Morgan fingerprint density at radius 1 is 1.25 bits per heavy atom. The maximum Gasteiger partial charge on any atom is 0.208 e. The van der Waals surface area contributed by atoms with E-state index in [1.807, 2.05) is 66.3 Å². The third kappa shape index (κ3) is 2.25. The van der Waals surface area contributed by atoms with E-state index in [-0.39, 0.29) is 5.78 Å². The molecule has 4 nitrogen and oxygen atoms in total. The van der Waals surface area contributed by atoms with E-state index in [1.165, 1.54) is 0 Å². The van der Waals surface area contributed by atoms with Crippen molar-refractivity contribution in [3.05, 3.63) is 53.9 Å². The van der Waals surface area contributed by atoms with Crippen LogP contribution in [-0.4, -0.2) is 34.6 Å². The summed E-state index contributed by atoms with van der Waals surface area (Å²) in [6.45, 7) is 0.758. The predicted molar refractivity (Wildman–Crippen MR) is 78.4 cm³/mol. The fourth-order valence-electron chi connectivity index (χ4n) is 2.46. The first-order chi connectivity index (χ1) is 9.65. The van der Waals surface area contributed by atoms with Crippen molar-refractivity contribution >= 4 is 5.78 Å². The van der Waals surface area contributed by atoms with E-state index in [9.17, 15) is 4.79 Å². The first-order valence-corrected chi connectivity index (χ1v) is 6.70. The summed E-state index contributed by atoms with van der Waals surface area (Å²) in [7, 11) is 3.86. The quantitative estimate of drug-likeness (QED) is 0.785. The number of hydrogen-bond acceptors (Lipinski definition) is 3. The molecule has 0 unspecified atom stereocenters. The van der Waals surface area contributed by atoms with Crippen molar-refractivity contribution in [3.8, 4) is 11.3 Å². The van der Waals surface area contributed by atoms with Gasteiger partial charge in [-0.3, -0.25) is 9.48 Å². The van der Waals surface area contributed by atoms with E-state index >= 15 is 0 Å². The monoisotopic (exact) mass is 267 g/mol. The molecule has 3 rings (SSSR count). The number of allylic oxidation sites excluding steroid dienone is 1. The molecule has 1 aliphatic rings. The lowest BCUT2D eigenvalue weighted by molar-refractivity contribution is 0.100. The van der Waals surface area contributed by atoms with Crippen molar-refractivity contribution < 1.29 is 4.79 Å². The van der Waals surface area contributed by atoms with Crippen molar-refractivity contribution in [2.24, 2.45) is 0 Å². The maximum atomic E-state index is 12.4. The van der Waals surface area contributed by atoms with Gasteiger partial charge in [0, 0.05) is 38.0 Å². The van der Waals surface area contributed by atoms with E-state index in [1.54, 1.807) is 0 Å². The van der Waals surface area contributed by atoms with Gasteiger partial charge in [-0.25, -0.2) is 0 Å². The number of ketones is 1. The fourth-order valence-corrected chi connectivity index (χ4v) is 2.46. The number of nitrogens with zero attached hydrogens (tertiary/aromatic N) is 3. The Morgan fingerprint density at radius 2 is 2.00 bits per heavy atom. The summed E-state index contributed by atoms with van der Waals surface area (Å²) in [5.41, 5.74) is 3.44. The molecule has 1 aromatic carbocycles. The molecule has 0 atom stereocenters. The summed E-state index contributed by atoms with van der Waals surface area (Å²) >= 11 is 0. The maximum absolute atomic E-state index is 12.4. The minimum atomic E-state index is 0.0830. The summed E-state index contributed by atoms with van der Waals surface area (Å²) in [6.07, 6.45) is 2.64. The standard InChI is InChI=1S/C16H17N3O/c1-18(2)11-13-8-9-19-15(16(13)20)10-14(17-19)12-6-4-3-5-7-12/h3-7,10-11H,8-9H2,1-2H3/b13-11+. The number of carbonyl (C=O) groups is 1. The molecule has 0 N–H and O–H groups in total. The third-order valence-corrected chi connectivity index (χ3v) is 3.38. The number of fused-ring (bicyclic) bond motifs is 1. The topological polar surface area (TPSA) is 38.1 Å². The minimum Gasteiger partial charge on any atom is -0.383 e. The Morgan fingerprint density at radius 3 is 2.70 bits per heavy atom. The van der Waals surface area contributed by atoms with Gasteiger partial charge in [0.1, 0.15) is 5.69 Å². The van der Waals surface area contributed by atoms with Gasteiger partial charge in [-0.1, -0.05) is 30.3 Å². The van der Waals surface area contributed by atoms with Gasteiger partial charge >= 0.3 is 0 Å². The first kappa shape index (κ1) is 12.7.